The Morgan fingerprint density at radius 2 is 1.86 bits per heavy atom. The maximum absolute atomic E-state index is 7.09. The van der Waals surface area contributed by atoms with Crippen molar-refractivity contribution >= 4 is 5.84 Å². The minimum absolute atomic E-state index is 0.309. The van der Waals surface area contributed by atoms with Crippen molar-refractivity contribution in [2.24, 2.45) is 11.1 Å². The van der Waals surface area contributed by atoms with E-state index in [1.165, 1.54) is 0 Å². The molecule has 0 aromatic rings. The number of nitrogens with one attached hydrogen (secondary N) is 1. The fourth-order valence-corrected chi connectivity index (χ4v) is 1.59. The highest BCUT2D eigenvalue weighted by Gasteiger charge is 2.12. The molecule has 0 atom stereocenters. The lowest BCUT2D eigenvalue weighted by Gasteiger charge is -2.26. The molecule has 0 aliphatic rings. The van der Waals surface area contributed by atoms with Gasteiger partial charge >= 0.3 is 0 Å². The summed E-state index contributed by atoms with van der Waals surface area (Å²) in [6.07, 6.45) is 2.90. The first-order chi connectivity index (χ1) is 6.31. The summed E-state index contributed by atoms with van der Waals surface area (Å²) < 4.78 is 0. The average molecular weight is 199 g/mol. The van der Waals surface area contributed by atoms with Crippen molar-refractivity contribution in [2.75, 3.05) is 20.1 Å². The molecule has 0 fully saturated rings. The molecule has 3 heteroatoms. The van der Waals surface area contributed by atoms with E-state index in [9.17, 15) is 0 Å². The first-order valence-corrected chi connectivity index (χ1v) is 5.33. The first-order valence-electron chi connectivity index (χ1n) is 5.33. The SMILES string of the molecule is CN(CCCCC(=N)N)CC(C)(C)C. The number of unbranched alkanes of at least 4 members (excludes halogenated alkanes) is 1. The van der Waals surface area contributed by atoms with Gasteiger partial charge in [0.1, 0.15) is 0 Å². The van der Waals surface area contributed by atoms with Crippen molar-refractivity contribution in [3.8, 4) is 0 Å². The van der Waals surface area contributed by atoms with Crippen LogP contribution < -0.4 is 5.73 Å². The fraction of sp³-hybridized carbons (Fsp3) is 0.909. The molecule has 0 aromatic heterocycles. The molecule has 0 heterocycles. The molecule has 0 spiro atoms. The number of amidine groups is 1. The van der Waals surface area contributed by atoms with Crippen molar-refractivity contribution in [3.63, 3.8) is 0 Å². The number of hydrogen-bond acceptors (Lipinski definition) is 2. The van der Waals surface area contributed by atoms with E-state index in [4.69, 9.17) is 11.1 Å². The zero-order chi connectivity index (χ0) is 11.2. The Morgan fingerprint density at radius 1 is 1.29 bits per heavy atom. The van der Waals surface area contributed by atoms with E-state index in [1.807, 2.05) is 0 Å². The summed E-state index contributed by atoms with van der Waals surface area (Å²) in [5.41, 5.74) is 5.65. The van der Waals surface area contributed by atoms with Crippen LogP contribution in [-0.4, -0.2) is 30.9 Å². The van der Waals surface area contributed by atoms with Gasteiger partial charge < -0.3 is 10.6 Å². The molecule has 0 saturated heterocycles. The van der Waals surface area contributed by atoms with Crippen LogP contribution in [0.4, 0.5) is 0 Å². The average Bonchev–Trinajstić information content (AvgIpc) is 1.94. The largest absolute Gasteiger partial charge is 0.388 e. The van der Waals surface area contributed by atoms with E-state index >= 15 is 0 Å². The van der Waals surface area contributed by atoms with Crippen LogP contribution in [0.2, 0.25) is 0 Å². The summed E-state index contributed by atoms with van der Waals surface area (Å²) in [5.74, 6) is 0.309. The van der Waals surface area contributed by atoms with Crippen molar-refractivity contribution < 1.29 is 0 Å². The van der Waals surface area contributed by atoms with Crippen molar-refractivity contribution in [1.29, 1.82) is 5.41 Å². The second-order valence-electron chi connectivity index (χ2n) is 5.28. The molecule has 0 aromatic carbocycles. The smallest absolute Gasteiger partial charge is 0.0905 e. The maximum Gasteiger partial charge on any atom is 0.0905 e. The summed E-state index contributed by atoms with van der Waals surface area (Å²) in [7, 11) is 2.15. The van der Waals surface area contributed by atoms with Crippen molar-refractivity contribution in [1.82, 2.24) is 4.90 Å². The molecule has 0 aliphatic carbocycles. The van der Waals surface area contributed by atoms with Crippen molar-refractivity contribution in [2.45, 2.75) is 40.0 Å². The van der Waals surface area contributed by atoms with Gasteiger partial charge in [-0.1, -0.05) is 20.8 Å². The molecule has 0 unspecified atom stereocenters. The molecule has 0 radical (unpaired) electrons. The van der Waals surface area contributed by atoms with Gasteiger partial charge in [0.25, 0.3) is 0 Å². The first kappa shape index (κ1) is 13.4. The Hall–Kier alpha value is -0.570. The highest BCUT2D eigenvalue weighted by Crippen LogP contribution is 2.14. The van der Waals surface area contributed by atoms with E-state index in [0.717, 1.165) is 32.4 Å². The van der Waals surface area contributed by atoms with Crippen molar-refractivity contribution in [3.05, 3.63) is 0 Å². The van der Waals surface area contributed by atoms with Gasteiger partial charge in [0.15, 0.2) is 0 Å². The van der Waals surface area contributed by atoms with Gasteiger partial charge in [0, 0.05) is 13.0 Å². The van der Waals surface area contributed by atoms with Crippen LogP contribution in [-0.2, 0) is 0 Å². The Morgan fingerprint density at radius 3 is 2.29 bits per heavy atom. The van der Waals surface area contributed by atoms with Crippen LogP contribution >= 0.6 is 0 Å². The number of rotatable bonds is 6. The summed E-state index contributed by atoms with van der Waals surface area (Å²) >= 11 is 0. The van der Waals surface area contributed by atoms with Gasteiger partial charge in [-0.05, 0) is 31.8 Å². The summed E-state index contributed by atoms with van der Waals surface area (Å²) in [4.78, 5) is 2.35. The zero-order valence-corrected chi connectivity index (χ0v) is 10.1. The van der Waals surface area contributed by atoms with E-state index in [-0.39, 0.29) is 0 Å². The molecular weight excluding hydrogens is 174 g/mol. The molecule has 14 heavy (non-hydrogen) atoms. The molecule has 0 rings (SSSR count). The highest BCUT2D eigenvalue weighted by atomic mass is 15.1. The molecule has 0 amide bonds. The Balaban J connectivity index is 3.45. The third kappa shape index (κ3) is 9.52. The quantitative estimate of drug-likeness (QED) is 0.391. The second kappa shape index (κ2) is 6.02. The number of nitrogens with two attached hydrogens (primary N) is 1. The lowest BCUT2D eigenvalue weighted by atomic mass is 9.96. The maximum atomic E-state index is 7.09. The van der Waals surface area contributed by atoms with Crippen LogP contribution in [0.25, 0.3) is 0 Å². The normalized spacial score (nSPS) is 12.1. The molecule has 3 N–H and O–H groups in total. The zero-order valence-electron chi connectivity index (χ0n) is 10.1. The highest BCUT2D eigenvalue weighted by molar-refractivity contribution is 5.76. The molecule has 0 aliphatic heterocycles. The van der Waals surface area contributed by atoms with E-state index in [1.54, 1.807) is 0 Å². The Labute approximate surface area is 88.2 Å². The Bertz CT molecular complexity index is 170. The molecule has 84 valence electrons. The predicted octanol–water partition coefficient (Wildman–Crippen LogP) is 2.07. The van der Waals surface area contributed by atoms with Gasteiger partial charge in [0.2, 0.25) is 0 Å². The van der Waals surface area contributed by atoms with E-state index in [0.29, 0.717) is 11.3 Å². The van der Waals surface area contributed by atoms with Crippen LogP contribution in [0.3, 0.4) is 0 Å². The lowest BCUT2D eigenvalue weighted by Crippen LogP contribution is -2.30. The number of nitrogens with zero attached hydrogens (tertiary/aromatic N) is 1. The van der Waals surface area contributed by atoms with Gasteiger partial charge in [-0.3, -0.25) is 5.41 Å². The summed E-state index contributed by atoms with van der Waals surface area (Å²) in [6.45, 7) is 8.97. The minimum Gasteiger partial charge on any atom is -0.388 e. The van der Waals surface area contributed by atoms with Crippen LogP contribution in [0, 0.1) is 10.8 Å². The molecular formula is C11H25N3. The minimum atomic E-state index is 0.309. The van der Waals surface area contributed by atoms with E-state index in [2.05, 4.69) is 32.7 Å². The number of hydrogen-bond donors (Lipinski definition) is 2. The Kier molecular flexibility index (Phi) is 5.77. The molecule has 0 saturated carbocycles. The lowest BCUT2D eigenvalue weighted by molar-refractivity contribution is 0.224. The van der Waals surface area contributed by atoms with Gasteiger partial charge in [-0.25, -0.2) is 0 Å². The van der Waals surface area contributed by atoms with Crippen LogP contribution in [0.1, 0.15) is 40.0 Å². The monoisotopic (exact) mass is 199 g/mol. The topological polar surface area (TPSA) is 53.1 Å². The second-order valence-corrected chi connectivity index (χ2v) is 5.28. The van der Waals surface area contributed by atoms with Crippen LogP contribution in [0.15, 0.2) is 0 Å². The summed E-state index contributed by atoms with van der Waals surface area (Å²) in [6, 6.07) is 0. The molecule has 0 bridgehead atoms. The summed E-state index contributed by atoms with van der Waals surface area (Å²) in [5, 5.41) is 7.09. The van der Waals surface area contributed by atoms with Crippen LogP contribution in [0.5, 0.6) is 0 Å². The van der Waals surface area contributed by atoms with Gasteiger partial charge in [0.05, 0.1) is 5.84 Å². The van der Waals surface area contributed by atoms with E-state index < -0.39 is 0 Å². The predicted molar refractivity (Wildman–Crippen MR) is 62.7 cm³/mol. The fourth-order valence-electron chi connectivity index (χ4n) is 1.59. The third-order valence-electron chi connectivity index (χ3n) is 1.98. The molecule has 3 nitrogen and oxygen atoms in total. The van der Waals surface area contributed by atoms with Gasteiger partial charge in [-0.15, -0.1) is 0 Å². The standard InChI is InChI=1S/C11H25N3/c1-11(2,3)9-14(4)8-6-5-7-10(12)13/h5-9H2,1-4H3,(H3,12,13). The third-order valence-corrected chi connectivity index (χ3v) is 1.98. The van der Waals surface area contributed by atoms with Gasteiger partial charge in [-0.2, -0.15) is 0 Å².